The van der Waals surface area contributed by atoms with E-state index < -0.39 is 6.10 Å². The topological polar surface area (TPSA) is 89.3 Å². The van der Waals surface area contributed by atoms with Crippen LogP contribution in [0.4, 0.5) is 0 Å². The largest absolute Gasteiger partial charge is 0.483 e. The summed E-state index contributed by atoms with van der Waals surface area (Å²) in [5.41, 5.74) is 2.02. The molecule has 140 valence electrons. The number of rotatable bonds is 6. The van der Waals surface area contributed by atoms with Gasteiger partial charge in [0.05, 0.1) is 6.10 Å². The van der Waals surface area contributed by atoms with Crippen molar-refractivity contribution in [3.05, 3.63) is 41.5 Å². The Morgan fingerprint density at radius 1 is 1.35 bits per heavy atom. The lowest BCUT2D eigenvalue weighted by Gasteiger charge is -2.16. The molecule has 1 heterocycles. The van der Waals surface area contributed by atoms with E-state index >= 15 is 0 Å². The summed E-state index contributed by atoms with van der Waals surface area (Å²) in [5, 5.41) is 21.2. The van der Waals surface area contributed by atoms with Crippen LogP contribution in [0.25, 0.3) is 0 Å². The number of ether oxygens (including phenoxy) is 1. The zero-order valence-electron chi connectivity index (χ0n) is 15.5. The van der Waals surface area contributed by atoms with Gasteiger partial charge in [-0.2, -0.15) is 0 Å². The molecule has 0 unspecified atom stereocenters. The van der Waals surface area contributed by atoms with Crippen LogP contribution in [-0.4, -0.2) is 45.0 Å². The summed E-state index contributed by atoms with van der Waals surface area (Å²) in [6.45, 7) is 4.33. The molecule has 0 aliphatic heterocycles. The summed E-state index contributed by atoms with van der Waals surface area (Å²) in [6, 6.07) is 5.89. The van der Waals surface area contributed by atoms with Crippen LogP contribution in [-0.2, 0) is 11.8 Å². The van der Waals surface area contributed by atoms with Crippen molar-refractivity contribution < 1.29 is 14.6 Å². The SMILES string of the molecule is Cc1cccc(C)c1OCC(=O)NC[C@H]1C[C@H](c2nncn2C)C[C@H]1O. The van der Waals surface area contributed by atoms with Gasteiger partial charge in [-0.15, -0.1) is 10.2 Å². The maximum Gasteiger partial charge on any atom is 0.257 e. The molecule has 2 N–H and O–H groups in total. The van der Waals surface area contributed by atoms with Crippen molar-refractivity contribution >= 4 is 5.91 Å². The number of carbonyl (C=O) groups is 1. The van der Waals surface area contributed by atoms with Gasteiger partial charge < -0.3 is 19.7 Å². The first kappa shape index (κ1) is 18.4. The van der Waals surface area contributed by atoms with Crippen molar-refractivity contribution in [3.8, 4) is 5.75 Å². The molecule has 2 aromatic rings. The first-order valence-corrected chi connectivity index (χ1v) is 8.93. The van der Waals surface area contributed by atoms with E-state index in [1.54, 1.807) is 6.33 Å². The number of hydrogen-bond acceptors (Lipinski definition) is 5. The smallest absolute Gasteiger partial charge is 0.257 e. The highest BCUT2D eigenvalue weighted by molar-refractivity contribution is 5.77. The van der Waals surface area contributed by atoms with Crippen molar-refractivity contribution in [1.82, 2.24) is 20.1 Å². The van der Waals surface area contributed by atoms with Crippen molar-refractivity contribution in [1.29, 1.82) is 0 Å². The van der Waals surface area contributed by atoms with Crippen LogP contribution in [0.15, 0.2) is 24.5 Å². The number of aliphatic hydroxyl groups excluding tert-OH is 1. The molecule has 0 radical (unpaired) electrons. The Bertz CT molecular complexity index is 754. The van der Waals surface area contributed by atoms with Gasteiger partial charge in [-0.3, -0.25) is 4.79 Å². The minimum atomic E-state index is -0.448. The maximum absolute atomic E-state index is 12.1. The van der Waals surface area contributed by atoms with E-state index in [1.165, 1.54) is 0 Å². The number of benzene rings is 1. The van der Waals surface area contributed by atoms with Crippen molar-refractivity contribution in [2.75, 3.05) is 13.2 Å². The molecular formula is C19H26N4O3. The first-order valence-electron chi connectivity index (χ1n) is 8.93. The van der Waals surface area contributed by atoms with E-state index in [0.29, 0.717) is 13.0 Å². The van der Waals surface area contributed by atoms with Gasteiger partial charge in [0.1, 0.15) is 17.9 Å². The zero-order valence-corrected chi connectivity index (χ0v) is 15.5. The predicted octanol–water partition coefficient (Wildman–Crippen LogP) is 1.48. The molecular weight excluding hydrogens is 332 g/mol. The highest BCUT2D eigenvalue weighted by atomic mass is 16.5. The molecule has 3 rings (SSSR count). The van der Waals surface area contributed by atoms with Crippen molar-refractivity contribution in [2.45, 2.75) is 38.7 Å². The van der Waals surface area contributed by atoms with Gasteiger partial charge in [0.25, 0.3) is 5.91 Å². The minimum Gasteiger partial charge on any atom is -0.483 e. The van der Waals surface area contributed by atoms with E-state index in [4.69, 9.17) is 4.74 Å². The predicted molar refractivity (Wildman–Crippen MR) is 96.9 cm³/mol. The first-order chi connectivity index (χ1) is 12.5. The lowest BCUT2D eigenvalue weighted by atomic mass is 10.0. The van der Waals surface area contributed by atoms with E-state index in [9.17, 15) is 9.90 Å². The Kier molecular flexibility index (Phi) is 5.56. The maximum atomic E-state index is 12.1. The van der Waals surface area contributed by atoms with Crippen LogP contribution in [0.5, 0.6) is 5.75 Å². The highest BCUT2D eigenvalue weighted by Crippen LogP contribution is 2.37. The van der Waals surface area contributed by atoms with Gasteiger partial charge in [0.2, 0.25) is 0 Å². The quantitative estimate of drug-likeness (QED) is 0.816. The second-order valence-electron chi connectivity index (χ2n) is 7.11. The van der Waals surface area contributed by atoms with Crippen molar-refractivity contribution in [2.24, 2.45) is 13.0 Å². The Morgan fingerprint density at radius 3 is 2.73 bits per heavy atom. The van der Waals surface area contributed by atoms with Gasteiger partial charge in [0, 0.05) is 25.4 Å². The number of aromatic nitrogens is 3. The monoisotopic (exact) mass is 358 g/mol. The fourth-order valence-electron chi connectivity index (χ4n) is 3.66. The molecule has 1 aromatic heterocycles. The lowest BCUT2D eigenvalue weighted by molar-refractivity contribution is -0.123. The molecule has 26 heavy (non-hydrogen) atoms. The highest BCUT2D eigenvalue weighted by Gasteiger charge is 2.35. The standard InChI is InChI=1S/C19H26N4O3/c1-12-5-4-6-13(2)18(12)26-10-17(25)20-9-15-7-14(8-16(15)24)19-22-21-11-23(19)3/h4-6,11,14-16,24H,7-10H2,1-3H3,(H,20,25)/t14-,15+,16+/m0/s1. The molecule has 7 heteroatoms. The number of amides is 1. The number of aliphatic hydroxyl groups is 1. The third kappa shape index (κ3) is 4.04. The summed E-state index contributed by atoms with van der Waals surface area (Å²) in [5.74, 6) is 1.65. The van der Waals surface area contributed by atoms with Crippen molar-refractivity contribution in [3.63, 3.8) is 0 Å². The number of carbonyl (C=O) groups excluding carboxylic acids is 1. The van der Waals surface area contributed by atoms with E-state index in [0.717, 1.165) is 29.1 Å². The molecule has 0 spiro atoms. The van der Waals surface area contributed by atoms with Crippen LogP contribution in [0.1, 0.15) is 35.7 Å². The van der Waals surface area contributed by atoms with Gasteiger partial charge in [-0.1, -0.05) is 18.2 Å². The number of nitrogens with zero attached hydrogens (tertiary/aromatic N) is 3. The number of nitrogens with one attached hydrogen (secondary N) is 1. The number of hydrogen-bond donors (Lipinski definition) is 2. The second-order valence-corrected chi connectivity index (χ2v) is 7.11. The molecule has 1 amide bonds. The van der Waals surface area contributed by atoms with Crippen LogP contribution >= 0.6 is 0 Å². The van der Waals surface area contributed by atoms with Gasteiger partial charge in [-0.05, 0) is 37.8 Å². The Labute approximate surface area is 153 Å². The molecule has 0 saturated heterocycles. The molecule has 7 nitrogen and oxygen atoms in total. The third-order valence-electron chi connectivity index (χ3n) is 5.09. The average molecular weight is 358 g/mol. The van der Waals surface area contributed by atoms with Gasteiger partial charge in [-0.25, -0.2) is 0 Å². The zero-order chi connectivity index (χ0) is 18.7. The minimum absolute atomic E-state index is 0.0147. The summed E-state index contributed by atoms with van der Waals surface area (Å²) in [7, 11) is 1.90. The normalized spacial score (nSPS) is 22.4. The van der Waals surface area contributed by atoms with Gasteiger partial charge in [0.15, 0.2) is 6.61 Å². The molecule has 1 fully saturated rings. The Morgan fingerprint density at radius 2 is 2.08 bits per heavy atom. The summed E-state index contributed by atoms with van der Waals surface area (Å²) >= 11 is 0. The van der Waals surface area contributed by atoms with Gasteiger partial charge >= 0.3 is 0 Å². The van der Waals surface area contributed by atoms with Crippen LogP contribution in [0, 0.1) is 19.8 Å². The molecule has 3 atom stereocenters. The number of para-hydroxylation sites is 1. The van der Waals surface area contributed by atoms with E-state index in [-0.39, 0.29) is 24.3 Å². The summed E-state index contributed by atoms with van der Waals surface area (Å²) in [4.78, 5) is 12.1. The molecule has 1 aromatic carbocycles. The fraction of sp³-hybridized carbons (Fsp3) is 0.526. The molecule has 1 aliphatic rings. The van der Waals surface area contributed by atoms with E-state index in [1.807, 2.05) is 43.7 Å². The van der Waals surface area contributed by atoms with E-state index in [2.05, 4.69) is 15.5 Å². The summed E-state index contributed by atoms with van der Waals surface area (Å²) in [6.07, 6.45) is 2.65. The molecule has 0 bridgehead atoms. The Balaban J connectivity index is 1.48. The Hall–Kier alpha value is -2.41. The van der Waals surface area contributed by atoms with Crippen LogP contribution in [0.3, 0.4) is 0 Å². The molecule has 1 aliphatic carbocycles. The second kappa shape index (κ2) is 7.86. The average Bonchev–Trinajstić information content (AvgIpc) is 3.18. The molecule has 1 saturated carbocycles. The van der Waals surface area contributed by atoms with Crippen LogP contribution in [0.2, 0.25) is 0 Å². The summed E-state index contributed by atoms with van der Waals surface area (Å²) < 4.78 is 7.56. The number of aryl methyl sites for hydroxylation is 3. The van der Waals surface area contributed by atoms with Crippen LogP contribution < -0.4 is 10.1 Å². The third-order valence-corrected chi connectivity index (χ3v) is 5.09. The lowest BCUT2D eigenvalue weighted by Crippen LogP contribution is -2.35. The fourth-order valence-corrected chi connectivity index (χ4v) is 3.66.